The number of hydrogen-bond acceptors (Lipinski definition) is 4. The summed E-state index contributed by atoms with van der Waals surface area (Å²) in [6.45, 7) is 2.73. The summed E-state index contributed by atoms with van der Waals surface area (Å²) in [5.41, 5.74) is 0.605. The molecule has 2 amide bonds. The molecule has 1 N–H and O–H groups in total. The molecule has 1 aliphatic rings. The first-order valence-electron chi connectivity index (χ1n) is 7.33. The number of rotatable bonds is 4. The Morgan fingerprint density at radius 3 is 2.68 bits per heavy atom. The molecule has 6 heteroatoms. The van der Waals surface area contributed by atoms with Gasteiger partial charge in [0.05, 0.1) is 25.8 Å². The summed E-state index contributed by atoms with van der Waals surface area (Å²) in [5, 5.41) is 2.88. The number of benzene rings is 1. The van der Waals surface area contributed by atoms with Crippen molar-refractivity contribution in [1.29, 1.82) is 0 Å². The Labute approximate surface area is 130 Å². The smallest absolute Gasteiger partial charge is 0.229 e. The van der Waals surface area contributed by atoms with Gasteiger partial charge in [-0.25, -0.2) is 0 Å². The number of carbonyl (C=O) groups excluding carboxylic acids is 2. The Balaban J connectivity index is 2.06. The molecule has 0 saturated carbocycles. The van der Waals surface area contributed by atoms with Crippen LogP contribution in [0.4, 0.5) is 5.69 Å². The molecule has 0 spiro atoms. The van der Waals surface area contributed by atoms with E-state index in [1.165, 1.54) is 6.92 Å². The van der Waals surface area contributed by atoms with Crippen molar-refractivity contribution in [1.82, 2.24) is 4.90 Å². The summed E-state index contributed by atoms with van der Waals surface area (Å²) in [6, 6.07) is 5.24. The largest absolute Gasteiger partial charge is 0.497 e. The van der Waals surface area contributed by atoms with Gasteiger partial charge in [-0.2, -0.15) is 0 Å². The van der Waals surface area contributed by atoms with Crippen LogP contribution in [0.25, 0.3) is 0 Å². The minimum atomic E-state index is -0.190. The molecule has 1 aromatic carbocycles. The molecule has 1 heterocycles. The van der Waals surface area contributed by atoms with Crippen LogP contribution >= 0.6 is 0 Å². The molecule has 0 aromatic heterocycles. The molecule has 1 saturated heterocycles. The fraction of sp³-hybridized carbons (Fsp3) is 0.500. The second-order valence-corrected chi connectivity index (χ2v) is 5.36. The molecule has 1 unspecified atom stereocenters. The average molecular weight is 306 g/mol. The number of methoxy groups -OCH3 is 2. The van der Waals surface area contributed by atoms with E-state index in [4.69, 9.17) is 9.47 Å². The van der Waals surface area contributed by atoms with Gasteiger partial charge in [0.1, 0.15) is 11.5 Å². The molecule has 6 nitrogen and oxygen atoms in total. The first-order chi connectivity index (χ1) is 10.5. The van der Waals surface area contributed by atoms with E-state index in [1.807, 2.05) is 0 Å². The number of amides is 2. The number of carbonyl (C=O) groups is 2. The molecular weight excluding hydrogens is 284 g/mol. The predicted molar refractivity (Wildman–Crippen MR) is 83.2 cm³/mol. The molecule has 1 aliphatic heterocycles. The second-order valence-electron chi connectivity index (χ2n) is 5.36. The summed E-state index contributed by atoms with van der Waals surface area (Å²) in [7, 11) is 3.12. The molecule has 2 rings (SSSR count). The highest BCUT2D eigenvalue weighted by Gasteiger charge is 2.27. The Morgan fingerprint density at radius 1 is 1.27 bits per heavy atom. The summed E-state index contributed by atoms with van der Waals surface area (Å²) in [6.07, 6.45) is 1.63. The maximum atomic E-state index is 12.4. The Bertz CT molecular complexity index is 559. The topological polar surface area (TPSA) is 67.9 Å². The number of hydrogen-bond donors (Lipinski definition) is 1. The Morgan fingerprint density at radius 2 is 2.05 bits per heavy atom. The van der Waals surface area contributed by atoms with Gasteiger partial charge in [0, 0.05) is 26.1 Å². The fourth-order valence-electron chi connectivity index (χ4n) is 2.61. The van der Waals surface area contributed by atoms with Gasteiger partial charge in [-0.3, -0.25) is 9.59 Å². The zero-order valence-corrected chi connectivity index (χ0v) is 13.2. The molecule has 0 aliphatic carbocycles. The molecule has 1 fully saturated rings. The van der Waals surface area contributed by atoms with Gasteiger partial charge in [0.2, 0.25) is 11.8 Å². The standard InChI is InChI=1S/C16H22N2O4/c1-11(19)18-8-4-5-12(10-18)16(20)17-14-7-6-13(21-2)9-15(14)22-3/h6-7,9,12H,4-5,8,10H2,1-3H3,(H,17,20). The van der Waals surface area contributed by atoms with Gasteiger partial charge < -0.3 is 19.7 Å². The average Bonchev–Trinajstić information content (AvgIpc) is 2.55. The fourth-order valence-corrected chi connectivity index (χ4v) is 2.61. The summed E-state index contributed by atoms with van der Waals surface area (Å²) >= 11 is 0. The normalized spacial score (nSPS) is 17.8. The second kappa shape index (κ2) is 7.15. The zero-order chi connectivity index (χ0) is 16.1. The maximum absolute atomic E-state index is 12.4. The molecule has 0 radical (unpaired) electrons. The third kappa shape index (κ3) is 3.69. The van der Waals surface area contributed by atoms with Crippen LogP contribution in [0.5, 0.6) is 11.5 Å². The third-order valence-corrected chi connectivity index (χ3v) is 3.90. The highest BCUT2D eigenvalue weighted by molar-refractivity contribution is 5.94. The number of anilines is 1. The number of ether oxygens (including phenoxy) is 2. The van der Waals surface area contributed by atoms with E-state index in [2.05, 4.69) is 5.32 Å². The van der Waals surface area contributed by atoms with E-state index in [0.29, 0.717) is 23.7 Å². The predicted octanol–water partition coefficient (Wildman–Crippen LogP) is 1.90. The Kier molecular flexibility index (Phi) is 5.25. The van der Waals surface area contributed by atoms with Crippen molar-refractivity contribution in [3.8, 4) is 11.5 Å². The molecule has 120 valence electrons. The lowest BCUT2D eigenvalue weighted by Gasteiger charge is -2.31. The first kappa shape index (κ1) is 16.1. The quantitative estimate of drug-likeness (QED) is 0.922. The van der Waals surface area contributed by atoms with Crippen molar-refractivity contribution in [3.63, 3.8) is 0 Å². The van der Waals surface area contributed by atoms with Gasteiger partial charge in [-0.05, 0) is 25.0 Å². The molecular formula is C16H22N2O4. The van der Waals surface area contributed by atoms with Crippen LogP contribution in [-0.2, 0) is 9.59 Å². The van der Waals surface area contributed by atoms with Crippen molar-refractivity contribution in [2.24, 2.45) is 5.92 Å². The van der Waals surface area contributed by atoms with Crippen molar-refractivity contribution in [2.75, 3.05) is 32.6 Å². The zero-order valence-electron chi connectivity index (χ0n) is 13.2. The van der Waals surface area contributed by atoms with Crippen molar-refractivity contribution in [2.45, 2.75) is 19.8 Å². The van der Waals surface area contributed by atoms with Gasteiger partial charge in [0.15, 0.2) is 0 Å². The number of nitrogens with one attached hydrogen (secondary N) is 1. The minimum absolute atomic E-state index is 0.0135. The summed E-state index contributed by atoms with van der Waals surface area (Å²) in [5.74, 6) is 0.945. The highest BCUT2D eigenvalue weighted by Crippen LogP contribution is 2.30. The van der Waals surface area contributed by atoms with Gasteiger partial charge >= 0.3 is 0 Å². The lowest BCUT2D eigenvalue weighted by atomic mass is 9.97. The van der Waals surface area contributed by atoms with Crippen LogP contribution in [0.3, 0.4) is 0 Å². The lowest BCUT2D eigenvalue weighted by molar-refractivity contribution is -0.132. The first-order valence-corrected chi connectivity index (χ1v) is 7.33. The molecule has 1 atom stereocenters. The van der Waals surface area contributed by atoms with Gasteiger partial charge in [-0.1, -0.05) is 0 Å². The number of likely N-dealkylation sites (tertiary alicyclic amines) is 1. The van der Waals surface area contributed by atoms with Crippen LogP contribution in [-0.4, -0.2) is 44.0 Å². The van der Waals surface area contributed by atoms with E-state index in [-0.39, 0.29) is 17.7 Å². The molecule has 0 bridgehead atoms. The van der Waals surface area contributed by atoms with E-state index in [0.717, 1.165) is 19.4 Å². The molecule has 1 aromatic rings. The SMILES string of the molecule is COc1ccc(NC(=O)C2CCCN(C(C)=O)C2)c(OC)c1. The third-order valence-electron chi connectivity index (χ3n) is 3.90. The van der Waals surface area contributed by atoms with Crippen LogP contribution in [0, 0.1) is 5.92 Å². The van der Waals surface area contributed by atoms with Crippen molar-refractivity contribution in [3.05, 3.63) is 18.2 Å². The summed E-state index contributed by atoms with van der Waals surface area (Å²) < 4.78 is 10.4. The van der Waals surface area contributed by atoms with E-state index in [9.17, 15) is 9.59 Å². The van der Waals surface area contributed by atoms with Gasteiger partial charge in [0.25, 0.3) is 0 Å². The lowest BCUT2D eigenvalue weighted by Crippen LogP contribution is -2.42. The minimum Gasteiger partial charge on any atom is -0.497 e. The molecule has 22 heavy (non-hydrogen) atoms. The number of nitrogens with zero attached hydrogens (tertiary/aromatic N) is 1. The highest BCUT2D eigenvalue weighted by atomic mass is 16.5. The van der Waals surface area contributed by atoms with Crippen molar-refractivity contribution >= 4 is 17.5 Å². The van der Waals surface area contributed by atoms with Crippen LogP contribution < -0.4 is 14.8 Å². The van der Waals surface area contributed by atoms with Crippen LogP contribution in [0.15, 0.2) is 18.2 Å². The number of piperidine rings is 1. The van der Waals surface area contributed by atoms with E-state index < -0.39 is 0 Å². The van der Waals surface area contributed by atoms with Crippen LogP contribution in [0.2, 0.25) is 0 Å². The maximum Gasteiger partial charge on any atom is 0.229 e. The van der Waals surface area contributed by atoms with Gasteiger partial charge in [-0.15, -0.1) is 0 Å². The monoisotopic (exact) mass is 306 g/mol. The van der Waals surface area contributed by atoms with E-state index >= 15 is 0 Å². The summed E-state index contributed by atoms with van der Waals surface area (Å²) in [4.78, 5) is 25.6. The van der Waals surface area contributed by atoms with Crippen LogP contribution in [0.1, 0.15) is 19.8 Å². The van der Waals surface area contributed by atoms with E-state index in [1.54, 1.807) is 37.3 Å². The van der Waals surface area contributed by atoms with Crippen molar-refractivity contribution < 1.29 is 19.1 Å². The Hall–Kier alpha value is -2.24.